The number of hydrogen-bond acceptors (Lipinski definition) is 2. The molecule has 0 radical (unpaired) electrons. The van der Waals surface area contributed by atoms with Crippen LogP contribution in [0.25, 0.3) is 0 Å². The summed E-state index contributed by atoms with van der Waals surface area (Å²) in [5.41, 5.74) is 1.05. The third-order valence-corrected chi connectivity index (χ3v) is 3.23. The molecule has 4 nitrogen and oxygen atoms in total. The van der Waals surface area contributed by atoms with Gasteiger partial charge in [-0.3, -0.25) is 4.79 Å². The van der Waals surface area contributed by atoms with E-state index in [1.165, 1.54) is 0 Å². The lowest BCUT2D eigenvalue weighted by Gasteiger charge is -2.13. The van der Waals surface area contributed by atoms with Crippen LogP contribution in [-0.4, -0.2) is 23.0 Å². The zero-order valence-corrected chi connectivity index (χ0v) is 12.4. The van der Waals surface area contributed by atoms with E-state index in [1.807, 2.05) is 31.2 Å². The van der Waals surface area contributed by atoms with Crippen LogP contribution < -0.4 is 5.32 Å². The molecule has 1 rings (SSSR count). The number of rotatable bonds is 7. The Labute approximate surface area is 121 Å². The van der Waals surface area contributed by atoms with Crippen LogP contribution in [0.3, 0.4) is 0 Å². The highest BCUT2D eigenvalue weighted by atomic mass is 79.9. The van der Waals surface area contributed by atoms with Gasteiger partial charge in [0.2, 0.25) is 5.91 Å². The van der Waals surface area contributed by atoms with Gasteiger partial charge in [-0.05, 0) is 30.5 Å². The van der Waals surface area contributed by atoms with Gasteiger partial charge in [0, 0.05) is 10.9 Å². The Morgan fingerprint density at radius 1 is 1.42 bits per heavy atom. The number of benzene rings is 1. The molecule has 1 atom stereocenters. The minimum Gasteiger partial charge on any atom is -0.480 e. The number of carboxylic acid groups (broad SMARTS) is 1. The van der Waals surface area contributed by atoms with Crippen molar-refractivity contribution >= 4 is 27.8 Å². The third kappa shape index (κ3) is 5.87. The molecule has 0 aliphatic rings. The van der Waals surface area contributed by atoms with Crippen molar-refractivity contribution < 1.29 is 14.7 Å². The second-order valence-electron chi connectivity index (χ2n) is 4.38. The summed E-state index contributed by atoms with van der Waals surface area (Å²) < 4.78 is 0.972. The molecular weight excluding hydrogens is 310 g/mol. The number of aryl methyl sites for hydroxylation is 1. The van der Waals surface area contributed by atoms with E-state index in [9.17, 15) is 9.59 Å². The van der Waals surface area contributed by atoms with Crippen molar-refractivity contribution in [3.05, 3.63) is 34.3 Å². The van der Waals surface area contributed by atoms with Crippen molar-refractivity contribution in [2.75, 3.05) is 0 Å². The molecule has 1 aromatic rings. The van der Waals surface area contributed by atoms with Crippen LogP contribution in [0.15, 0.2) is 28.7 Å². The Balaban J connectivity index is 2.44. The number of hydrogen-bond donors (Lipinski definition) is 2. The molecule has 104 valence electrons. The number of carboxylic acids is 1. The van der Waals surface area contributed by atoms with Gasteiger partial charge < -0.3 is 10.4 Å². The molecule has 0 unspecified atom stereocenters. The van der Waals surface area contributed by atoms with Crippen LogP contribution in [0, 0.1) is 0 Å². The normalized spacial score (nSPS) is 11.9. The SMILES string of the molecule is CCC[C@H](NC(=O)CCc1cccc(Br)c1)C(=O)O. The van der Waals surface area contributed by atoms with Crippen LogP contribution in [0.2, 0.25) is 0 Å². The molecule has 5 heteroatoms. The smallest absolute Gasteiger partial charge is 0.326 e. The Morgan fingerprint density at radius 3 is 2.74 bits per heavy atom. The van der Waals surface area contributed by atoms with Crippen molar-refractivity contribution in [3.8, 4) is 0 Å². The largest absolute Gasteiger partial charge is 0.480 e. The maximum Gasteiger partial charge on any atom is 0.326 e. The lowest BCUT2D eigenvalue weighted by molar-refractivity contribution is -0.142. The Kier molecular flexibility index (Phi) is 6.56. The lowest BCUT2D eigenvalue weighted by Crippen LogP contribution is -2.40. The molecule has 1 amide bonds. The highest BCUT2D eigenvalue weighted by molar-refractivity contribution is 9.10. The summed E-state index contributed by atoms with van der Waals surface area (Å²) in [6.07, 6.45) is 2.08. The average molecular weight is 328 g/mol. The van der Waals surface area contributed by atoms with Gasteiger partial charge in [-0.2, -0.15) is 0 Å². The second-order valence-corrected chi connectivity index (χ2v) is 5.29. The van der Waals surface area contributed by atoms with Crippen LogP contribution in [0.4, 0.5) is 0 Å². The molecule has 2 N–H and O–H groups in total. The van der Waals surface area contributed by atoms with E-state index in [2.05, 4.69) is 21.2 Å². The van der Waals surface area contributed by atoms with Gasteiger partial charge >= 0.3 is 5.97 Å². The fourth-order valence-electron chi connectivity index (χ4n) is 1.76. The molecule has 0 saturated carbocycles. The Hall–Kier alpha value is -1.36. The second kappa shape index (κ2) is 7.94. The molecule has 1 aromatic carbocycles. The highest BCUT2D eigenvalue weighted by Crippen LogP contribution is 2.13. The zero-order chi connectivity index (χ0) is 14.3. The monoisotopic (exact) mass is 327 g/mol. The molecule has 0 heterocycles. The van der Waals surface area contributed by atoms with Gasteiger partial charge in [-0.25, -0.2) is 4.79 Å². The lowest BCUT2D eigenvalue weighted by atomic mass is 10.1. The highest BCUT2D eigenvalue weighted by Gasteiger charge is 2.18. The molecule has 0 aliphatic heterocycles. The number of nitrogens with one attached hydrogen (secondary N) is 1. The molecule has 0 aromatic heterocycles. The summed E-state index contributed by atoms with van der Waals surface area (Å²) in [5.74, 6) is -1.20. The summed E-state index contributed by atoms with van der Waals surface area (Å²) in [6.45, 7) is 1.89. The zero-order valence-electron chi connectivity index (χ0n) is 10.9. The quantitative estimate of drug-likeness (QED) is 0.809. The fraction of sp³-hybridized carbons (Fsp3) is 0.429. The van der Waals surface area contributed by atoms with E-state index in [1.54, 1.807) is 0 Å². The van der Waals surface area contributed by atoms with Crippen molar-refractivity contribution in [1.29, 1.82) is 0 Å². The minimum absolute atomic E-state index is 0.221. The van der Waals surface area contributed by atoms with Gasteiger partial charge in [0.25, 0.3) is 0 Å². The Morgan fingerprint density at radius 2 is 2.16 bits per heavy atom. The van der Waals surface area contributed by atoms with Crippen molar-refractivity contribution in [3.63, 3.8) is 0 Å². The number of amides is 1. The van der Waals surface area contributed by atoms with Crippen molar-refractivity contribution in [2.24, 2.45) is 0 Å². The van der Waals surface area contributed by atoms with E-state index in [4.69, 9.17) is 5.11 Å². The number of halogens is 1. The number of carbonyl (C=O) groups excluding carboxylic acids is 1. The van der Waals surface area contributed by atoms with E-state index in [0.29, 0.717) is 19.3 Å². The predicted molar refractivity (Wildman–Crippen MR) is 76.9 cm³/mol. The number of carbonyl (C=O) groups is 2. The molecule has 0 saturated heterocycles. The van der Waals surface area contributed by atoms with Gasteiger partial charge in [-0.15, -0.1) is 0 Å². The van der Waals surface area contributed by atoms with E-state index >= 15 is 0 Å². The molecule has 0 aliphatic carbocycles. The van der Waals surface area contributed by atoms with E-state index in [0.717, 1.165) is 16.5 Å². The van der Waals surface area contributed by atoms with Gasteiger partial charge in [0.1, 0.15) is 6.04 Å². The first-order valence-corrected chi connectivity index (χ1v) is 7.09. The summed E-state index contributed by atoms with van der Waals surface area (Å²) in [5, 5.41) is 11.5. The maximum absolute atomic E-state index is 11.7. The van der Waals surface area contributed by atoms with E-state index in [-0.39, 0.29) is 5.91 Å². The van der Waals surface area contributed by atoms with Gasteiger partial charge in [-0.1, -0.05) is 41.4 Å². The topological polar surface area (TPSA) is 66.4 Å². The molecule has 0 spiro atoms. The minimum atomic E-state index is -0.974. The van der Waals surface area contributed by atoms with E-state index < -0.39 is 12.0 Å². The van der Waals surface area contributed by atoms with Crippen molar-refractivity contribution in [2.45, 2.75) is 38.6 Å². The predicted octanol–water partition coefficient (Wildman–Crippen LogP) is 2.75. The number of aliphatic carboxylic acids is 1. The molecule has 0 fully saturated rings. The fourth-order valence-corrected chi connectivity index (χ4v) is 2.21. The summed E-state index contributed by atoms with van der Waals surface area (Å²) in [7, 11) is 0. The summed E-state index contributed by atoms with van der Waals surface area (Å²) in [6, 6.07) is 6.95. The first-order valence-electron chi connectivity index (χ1n) is 6.29. The van der Waals surface area contributed by atoms with Crippen LogP contribution in [0.1, 0.15) is 31.7 Å². The third-order valence-electron chi connectivity index (χ3n) is 2.74. The standard InChI is InChI=1S/C14H18BrNO3/c1-2-4-12(14(18)19)16-13(17)8-7-10-5-3-6-11(15)9-10/h3,5-6,9,12H,2,4,7-8H2,1H3,(H,16,17)(H,18,19)/t12-/m0/s1. The first-order chi connectivity index (χ1) is 9.02. The first kappa shape index (κ1) is 15.7. The molecule has 19 heavy (non-hydrogen) atoms. The van der Waals surface area contributed by atoms with Gasteiger partial charge in [0.15, 0.2) is 0 Å². The molecule has 0 bridgehead atoms. The average Bonchev–Trinajstić information content (AvgIpc) is 2.36. The van der Waals surface area contributed by atoms with Crippen molar-refractivity contribution in [1.82, 2.24) is 5.32 Å². The Bertz CT molecular complexity index is 448. The van der Waals surface area contributed by atoms with Gasteiger partial charge in [0.05, 0.1) is 0 Å². The summed E-state index contributed by atoms with van der Waals surface area (Å²) >= 11 is 3.37. The van der Waals surface area contributed by atoms with Crippen LogP contribution in [-0.2, 0) is 16.0 Å². The van der Waals surface area contributed by atoms with Crippen LogP contribution in [0.5, 0.6) is 0 Å². The molecular formula is C14H18BrNO3. The maximum atomic E-state index is 11.7. The summed E-state index contributed by atoms with van der Waals surface area (Å²) in [4.78, 5) is 22.6. The van der Waals surface area contributed by atoms with Crippen LogP contribution >= 0.6 is 15.9 Å².